The molecule has 0 fully saturated rings. The van der Waals surface area contributed by atoms with E-state index in [1.165, 1.54) is 11.1 Å². The summed E-state index contributed by atoms with van der Waals surface area (Å²) in [5.41, 5.74) is 6.61. The molecule has 0 atom stereocenters. The quantitative estimate of drug-likeness (QED) is 0.656. The van der Waals surface area contributed by atoms with E-state index in [-0.39, 0.29) is 12.3 Å². The summed E-state index contributed by atoms with van der Waals surface area (Å²) in [6.07, 6.45) is 1.83. The molecule has 0 unspecified atom stereocenters. The van der Waals surface area contributed by atoms with Crippen LogP contribution < -0.4 is 14.9 Å². The van der Waals surface area contributed by atoms with Gasteiger partial charge in [0.2, 0.25) is 5.91 Å². The predicted molar refractivity (Wildman–Crippen MR) is 94.9 cm³/mol. The van der Waals surface area contributed by atoms with Crippen molar-refractivity contribution in [3.63, 3.8) is 0 Å². The lowest BCUT2D eigenvalue weighted by atomic mass is 10.0. The smallest absolute Gasteiger partial charge is 0.244 e. The highest BCUT2D eigenvalue weighted by Gasteiger charge is 2.05. The molecule has 126 valence electrons. The molecule has 2 aromatic carbocycles. The van der Waals surface area contributed by atoms with Crippen molar-refractivity contribution in [1.29, 1.82) is 0 Å². The third-order valence-electron chi connectivity index (χ3n) is 3.77. The van der Waals surface area contributed by atoms with Crippen molar-refractivity contribution in [3.05, 3.63) is 58.7 Å². The van der Waals surface area contributed by atoms with E-state index in [4.69, 9.17) is 9.47 Å². The summed E-state index contributed by atoms with van der Waals surface area (Å²) < 4.78 is 10.4. The number of amides is 1. The van der Waals surface area contributed by atoms with Crippen molar-refractivity contribution >= 4 is 12.1 Å². The predicted octanol–water partition coefficient (Wildman–Crippen LogP) is 3.01. The third kappa shape index (κ3) is 4.59. The fourth-order valence-corrected chi connectivity index (χ4v) is 2.25. The number of aryl methyl sites for hydroxylation is 2. The van der Waals surface area contributed by atoms with Crippen LogP contribution in [0.3, 0.4) is 0 Å². The Bertz CT molecular complexity index is 754. The van der Waals surface area contributed by atoms with Crippen LogP contribution in [0.1, 0.15) is 22.3 Å². The average Bonchev–Trinajstić information content (AvgIpc) is 2.58. The summed E-state index contributed by atoms with van der Waals surface area (Å²) in [5, 5.41) is 4.00. The maximum absolute atomic E-state index is 12.0. The maximum atomic E-state index is 12.0. The van der Waals surface area contributed by atoms with Gasteiger partial charge in [-0.15, -0.1) is 0 Å². The number of hydrogen-bond donors (Lipinski definition) is 1. The lowest BCUT2D eigenvalue weighted by Crippen LogP contribution is -2.19. The van der Waals surface area contributed by atoms with Crippen LogP contribution in [0.4, 0.5) is 0 Å². The van der Waals surface area contributed by atoms with Crippen LogP contribution in [0.2, 0.25) is 0 Å². The van der Waals surface area contributed by atoms with E-state index in [1.807, 2.05) is 32.0 Å². The minimum atomic E-state index is -0.170. The number of methoxy groups -OCH3 is 2. The van der Waals surface area contributed by atoms with E-state index in [9.17, 15) is 4.79 Å². The molecule has 2 rings (SSSR count). The molecule has 0 bridgehead atoms. The van der Waals surface area contributed by atoms with Gasteiger partial charge in [-0.25, -0.2) is 5.43 Å². The molecule has 0 aliphatic rings. The zero-order chi connectivity index (χ0) is 17.5. The van der Waals surface area contributed by atoms with Gasteiger partial charge in [-0.3, -0.25) is 4.79 Å². The summed E-state index contributed by atoms with van der Waals surface area (Å²) >= 11 is 0. The van der Waals surface area contributed by atoms with Gasteiger partial charge in [0.1, 0.15) is 11.5 Å². The molecule has 5 nitrogen and oxygen atoms in total. The molecular formula is C19H22N2O3. The Morgan fingerprint density at radius 3 is 2.54 bits per heavy atom. The number of nitrogens with one attached hydrogen (secondary N) is 1. The standard InChI is InChI=1S/C19H22N2O3/c1-13-5-6-15(9-14(13)2)10-19(22)21-20-12-16-11-17(23-3)7-8-18(16)24-4/h5-9,11-12H,10H2,1-4H3,(H,21,22). The first-order chi connectivity index (χ1) is 11.5. The van der Waals surface area contributed by atoms with E-state index < -0.39 is 0 Å². The second-order valence-electron chi connectivity index (χ2n) is 5.50. The van der Waals surface area contributed by atoms with Crippen molar-refractivity contribution in [2.45, 2.75) is 20.3 Å². The van der Waals surface area contributed by atoms with Crippen molar-refractivity contribution in [1.82, 2.24) is 5.43 Å². The Hall–Kier alpha value is -2.82. The van der Waals surface area contributed by atoms with Crippen LogP contribution in [-0.4, -0.2) is 26.3 Å². The van der Waals surface area contributed by atoms with Gasteiger partial charge in [0.15, 0.2) is 0 Å². The monoisotopic (exact) mass is 326 g/mol. The SMILES string of the molecule is COc1ccc(OC)c(C=NNC(=O)Cc2ccc(C)c(C)c2)c1. The van der Waals surface area contributed by atoms with Gasteiger partial charge in [0.05, 0.1) is 26.9 Å². The summed E-state index contributed by atoms with van der Waals surface area (Å²) in [6, 6.07) is 11.4. The summed E-state index contributed by atoms with van der Waals surface area (Å²) in [4.78, 5) is 12.0. The van der Waals surface area contributed by atoms with Gasteiger partial charge < -0.3 is 9.47 Å². The minimum Gasteiger partial charge on any atom is -0.497 e. The molecule has 0 aliphatic heterocycles. The van der Waals surface area contributed by atoms with Crippen molar-refractivity contribution in [2.24, 2.45) is 5.10 Å². The molecule has 0 heterocycles. The molecule has 0 radical (unpaired) electrons. The van der Waals surface area contributed by atoms with Gasteiger partial charge in [-0.05, 0) is 48.7 Å². The highest BCUT2D eigenvalue weighted by molar-refractivity contribution is 5.86. The molecule has 24 heavy (non-hydrogen) atoms. The average molecular weight is 326 g/mol. The van der Waals surface area contributed by atoms with Crippen molar-refractivity contribution in [3.8, 4) is 11.5 Å². The van der Waals surface area contributed by atoms with Crippen molar-refractivity contribution < 1.29 is 14.3 Å². The number of hydrazone groups is 1. The Morgan fingerprint density at radius 2 is 1.88 bits per heavy atom. The molecule has 5 heteroatoms. The number of ether oxygens (including phenoxy) is 2. The summed E-state index contributed by atoms with van der Waals surface area (Å²) in [6.45, 7) is 4.08. The second-order valence-corrected chi connectivity index (χ2v) is 5.50. The minimum absolute atomic E-state index is 0.170. The van der Waals surface area contributed by atoms with Gasteiger partial charge >= 0.3 is 0 Å². The highest BCUT2D eigenvalue weighted by Crippen LogP contribution is 2.22. The zero-order valence-corrected chi connectivity index (χ0v) is 14.4. The van der Waals surface area contributed by atoms with Crippen LogP contribution >= 0.6 is 0 Å². The molecule has 0 saturated carbocycles. The fraction of sp³-hybridized carbons (Fsp3) is 0.263. The first-order valence-electron chi connectivity index (χ1n) is 7.63. The number of nitrogens with zero attached hydrogens (tertiary/aromatic N) is 1. The number of benzene rings is 2. The molecular weight excluding hydrogens is 304 g/mol. The normalized spacial score (nSPS) is 10.7. The first kappa shape index (κ1) is 17.5. The Kier molecular flexibility index (Phi) is 5.95. The topological polar surface area (TPSA) is 59.9 Å². The van der Waals surface area contributed by atoms with Gasteiger partial charge in [-0.2, -0.15) is 5.10 Å². The van der Waals surface area contributed by atoms with Gasteiger partial charge in [0, 0.05) is 5.56 Å². The number of carbonyl (C=O) groups excluding carboxylic acids is 1. The van der Waals surface area contributed by atoms with E-state index in [0.29, 0.717) is 11.5 Å². The lowest BCUT2D eigenvalue weighted by Gasteiger charge is -2.07. The lowest BCUT2D eigenvalue weighted by molar-refractivity contribution is -0.120. The van der Waals surface area contributed by atoms with Crippen LogP contribution in [-0.2, 0) is 11.2 Å². The number of carbonyl (C=O) groups is 1. The van der Waals surface area contributed by atoms with E-state index >= 15 is 0 Å². The third-order valence-corrected chi connectivity index (χ3v) is 3.77. The molecule has 0 aromatic heterocycles. The second kappa shape index (κ2) is 8.15. The van der Waals surface area contributed by atoms with E-state index in [0.717, 1.165) is 11.1 Å². The zero-order valence-electron chi connectivity index (χ0n) is 14.4. The van der Waals surface area contributed by atoms with E-state index in [2.05, 4.69) is 10.5 Å². The number of rotatable bonds is 6. The van der Waals surface area contributed by atoms with Crippen LogP contribution in [0, 0.1) is 13.8 Å². The Balaban J connectivity index is 2.00. The highest BCUT2D eigenvalue weighted by atomic mass is 16.5. The molecule has 0 saturated heterocycles. The largest absolute Gasteiger partial charge is 0.497 e. The summed E-state index contributed by atoms with van der Waals surface area (Å²) in [5.74, 6) is 1.18. The molecule has 1 amide bonds. The molecule has 1 N–H and O–H groups in total. The van der Waals surface area contributed by atoms with Gasteiger partial charge in [0.25, 0.3) is 0 Å². The molecule has 0 spiro atoms. The molecule has 2 aromatic rings. The fourth-order valence-electron chi connectivity index (χ4n) is 2.25. The first-order valence-corrected chi connectivity index (χ1v) is 7.63. The van der Waals surface area contributed by atoms with Crippen LogP contribution in [0.25, 0.3) is 0 Å². The maximum Gasteiger partial charge on any atom is 0.244 e. The van der Waals surface area contributed by atoms with E-state index in [1.54, 1.807) is 38.6 Å². The van der Waals surface area contributed by atoms with Crippen LogP contribution in [0.15, 0.2) is 41.5 Å². The Morgan fingerprint density at radius 1 is 1.08 bits per heavy atom. The summed E-state index contributed by atoms with van der Waals surface area (Å²) in [7, 11) is 3.17. The van der Waals surface area contributed by atoms with Crippen LogP contribution in [0.5, 0.6) is 11.5 Å². The number of hydrogen-bond acceptors (Lipinski definition) is 4. The van der Waals surface area contributed by atoms with Gasteiger partial charge in [-0.1, -0.05) is 18.2 Å². The Labute approximate surface area is 142 Å². The van der Waals surface area contributed by atoms with Crippen molar-refractivity contribution in [2.75, 3.05) is 14.2 Å². The molecule has 0 aliphatic carbocycles.